The summed E-state index contributed by atoms with van der Waals surface area (Å²) in [6.45, 7) is 1.78. The molecule has 0 aliphatic carbocycles. The molecule has 0 heterocycles. The molecular formula is C16H19NO3S. The van der Waals surface area contributed by atoms with Crippen molar-refractivity contribution in [1.82, 2.24) is 0 Å². The van der Waals surface area contributed by atoms with E-state index in [4.69, 9.17) is 10.5 Å². The van der Waals surface area contributed by atoms with Gasteiger partial charge in [0.05, 0.1) is 17.8 Å². The molecule has 2 N–H and O–H groups in total. The average Bonchev–Trinajstić information content (AvgIpc) is 2.47. The zero-order chi connectivity index (χ0) is 15.5. The molecule has 0 spiro atoms. The highest BCUT2D eigenvalue weighted by molar-refractivity contribution is 7.91. The van der Waals surface area contributed by atoms with E-state index < -0.39 is 15.9 Å². The van der Waals surface area contributed by atoms with Crippen molar-refractivity contribution in [3.05, 3.63) is 59.7 Å². The first-order valence-corrected chi connectivity index (χ1v) is 8.28. The van der Waals surface area contributed by atoms with Crippen LogP contribution in [-0.2, 0) is 9.84 Å². The van der Waals surface area contributed by atoms with Gasteiger partial charge in [0.1, 0.15) is 5.75 Å². The molecule has 0 bridgehead atoms. The van der Waals surface area contributed by atoms with Gasteiger partial charge in [0.15, 0.2) is 9.84 Å². The number of sulfone groups is 1. The Morgan fingerprint density at radius 2 is 1.71 bits per heavy atom. The van der Waals surface area contributed by atoms with Crippen LogP contribution in [0, 0.1) is 6.92 Å². The van der Waals surface area contributed by atoms with Gasteiger partial charge in [-0.3, -0.25) is 0 Å². The van der Waals surface area contributed by atoms with E-state index in [0.29, 0.717) is 16.2 Å². The van der Waals surface area contributed by atoms with Crippen LogP contribution in [0.1, 0.15) is 17.2 Å². The first-order chi connectivity index (χ1) is 9.95. The van der Waals surface area contributed by atoms with Gasteiger partial charge >= 0.3 is 0 Å². The number of methoxy groups -OCH3 is 1. The summed E-state index contributed by atoms with van der Waals surface area (Å²) >= 11 is 0. The molecule has 1 atom stereocenters. The van der Waals surface area contributed by atoms with Crippen molar-refractivity contribution in [2.45, 2.75) is 17.9 Å². The first kappa shape index (κ1) is 15.5. The fourth-order valence-corrected chi connectivity index (χ4v) is 3.97. The zero-order valence-electron chi connectivity index (χ0n) is 12.1. The van der Waals surface area contributed by atoms with E-state index in [-0.39, 0.29) is 5.75 Å². The van der Waals surface area contributed by atoms with Crippen molar-refractivity contribution >= 4 is 9.84 Å². The van der Waals surface area contributed by atoms with Crippen LogP contribution in [0.25, 0.3) is 0 Å². The highest BCUT2D eigenvalue weighted by atomic mass is 32.2. The quantitative estimate of drug-likeness (QED) is 0.921. The minimum absolute atomic E-state index is 0.155. The summed E-state index contributed by atoms with van der Waals surface area (Å²) in [6.07, 6.45) is 0. The number of aryl methyl sites for hydroxylation is 1. The maximum atomic E-state index is 12.5. The molecule has 0 radical (unpaired) electrons. The Balaban J connectivity index is 2.31. The van der Waals surface area contributed by atoms with E-state index in [0.717, 1.165) is 5.56 Å². The van der Waals surface area contributed by atoms with Crippen molar-refractivity contribution in [2.24, 2.45) is 5.73 Å². The number of hydrogen-bond acceptors (Lipinski definition) is 4. The molecule has 0 amide bonds. The topological polar surface area (TPSA) is 69.4 Å². The van der Waals surface area contributed by atoms with Crippen LogP contribution >= 0.6 is 0 Å². The lowest BCUT2D eigenvalue weighted by molar-refractivity contribution is 0.407. The minimum atomic E-state index is -3.44. The number of benzene rings is 2. The molecule has 2 rings (SSSR count). The monoisotopic (exact) mass is 305 g/mol. The fraction of sp³-hybridized carbons (Fsp3) is 0.250. The van der Waals surface area contributed by atoms with Crippen LogP contribution in [-0.4, -0.2) is 21.3 Å². The van der Waals surface area contributed by atoms with E-state index in [1.807, 2.05) is 18.2 Å². The molecule has 5 heteroatoms. The summed E-state index contributed by atoms with van der Waals surface area (Å²) in [5.41, 5.74) is 7.50. The van der Waals surface area contributed by atoms with Crippen molar-refractivity contribution in [3.8, 4) is 5.75 Å². The Hall–Kier alpha value is -1.85. The van der Waals surface area contributed by atoms with E-state index in [2.05, 4.69) is 0 Å². The third-order valence-electron chi connectivity index (χ3n) is 3.37. The molecule has 0 aromatic heterocycles. The van der Waals surface area contributed by atoms with Crippen LogP contribution in [0.15, 0.2) is 53.4 Å². The van der Waals surface area contributed by atoms with E-state index in [9.17, 15) is 8.42 Å². The van der Waals surface area contributed by atoms with Gasteiger partial charge in [-0.05, 0) is 24.6 Å². The van der Waals surface area contributed by atoms with Crippen LogP contribution in [0.4, 0.5) is 0 Å². The number of nitrogens with two attached hydrogens (primary N) is 1. The second kappa shape index (κ2) is 6.28. The predicted octanol–water partition coefficient (Wildman–Crippen LogP) is 2.48. The van der Waals surface area contributed by atoms with Crippen LogP contribution in [0.2, 0.25) is 0 Å². The molecule has 2 aromatic carbocycles. The average molecular weight is 305 g/mol. The summed E-state index contributed by atoms with van der Waals surface area (Å²) < 4.78 is 30.3. The van der Waals surface area contributed by atoms with Crippen LogP contribution < -0.4 is 10.5 Å². The van der Waals surface area contributed by atoms with Gasteiger partial charge in [-0.25, -0.2) is 8.42 Å². The van der Waals surface area contributed by atoms with E-state index >= 15 is 0 Å². The summed E-state index contributed by atoms with van der Waals surface area (Å²) in [5, 5.41) is 0. The second-order valence-electron chi connectivity index (χ2n) is 4.90. The lowest BCUT2D eigenvalue weighted by Crippen LogP contribution is -2.22. The molecule has 0 saturated carbocycles. The SMILES string of the molecule is COc1ccccc1C(N)CS(=O)(=O)c1ccccc1C. The predicted molar refractivity (Wildman–Crippen MR) is 83.2 cm³/mol. The Morgan fingerprint density at radius 1 is 1.10 bits per heavy atom. The largest absolute Gasteiger partial charge is 0.496 e. The summed E-state index contributed by atoms with van der Waals surface area (Å²) in [7, 11) is -1.90. The third-order valence-corrected chi connectivity index (χ3v) is 5.29. The summed E-state index contributed by atoms with van der Waals surface area (Å²) in [4.78, 5) is 0.329. The van der Waals surface area contributed by atoms with Crippen molar-refractivity contribution in [3.63, 3.8) is 0 Å². The molecule has 0 saturated heterocycles. The lowest BCUT2D eigenvalue weighted by Gasteiger charge is -2.16. The second-order valence-corrected chi connectivity index (χ2v) is 6.90. The molecule has 112 valence electrons. The number of ether oxygens (including phenoxy) is 1. The summed E-state index contributed by atoms with van der Waals surface area (Å²) in [6, 6.07) is 13.5. The number of hydrogen-bond donors (Lipinski definition) is 1. The normalized spacial score (nSPS) is 12.9. The van der Waals surface area contributed by atoms with Gasteiger partial charge in [-0.15, -0.1) is 0 Å². The first-order valence-electron chi connectivity index (χ1n) is 6.62. The standard InChI is InChI=1S/C16H19NO3S/c1-12-7-3-6-10-16(12)21(18,19)11-14(17)13-8-4-5-9-15(13)20-2/h3-10,14H,11,17H2,1-2H3. The van der Waals surface area contributed by atoms with Gasteiger partial charge in [-0.2, -0.15) is 0 Å². The number of para-hydroxylation sites is 1. The Morgan fingerprint density at radius 3 is 2.38 bits per heavy atom. The molecule has 0 aliphatic rings. The smallest absolute Gasteiger partial charge is 0.180 e. The molecule has 0 fully saturated rings. The Labute approximate surface area is 125 Å². The van der Waals surface area contributed by atoms with Gasteiger partial charge in [-0.1, -0.05) is 36.4 Å². The summed E-state index contributed by atoms with van der Waals surface area (Å²) in [5.74, 6) is 0.447. The molecule has 0 aliphatic heterocycles. The number of rotatable bonds is 5. The lowest BCUT2D eigenvalue weighted by atomic mass is 10.1. The maximum absolute atomic E-state index is 12.5. The van der Waals surface area contributed by atoms with Crippen LogP contribution in [0.5, 0.6) is 5.75 Å². The van der Waals surface area contributed by atoms with Crippen molar-refractivity contribution < 1.29 is 13.2 Å². The molecule has 1 unspecified atom stereocenters. The van der Waals surface area contributed by atoms with E-state index in [1.165, 1.54) is 0 Å². The van der Waals surface area contributed by atoms with Gasteiger partial charge in [0.2, 0.25) is 0 Å². The van der Waals surface area contributed by atoms with E-state index in [1.54, 1.807) is 44.4 Å². The Kier molecular flexibility index (Phi) is 4.65. The fourth-order valence-electron chi connectivity index (χ4n) is 2.29. The highest BCUT2D eigenvalue weighted by Gasteiger charge is 2.23. The zero-order valence-corrected chi connectivity index (χ0v) is 12.9. The maximum Gasteiger partial charge on any atom is 0.180 e. The molecule has 2 aromatic rings. The Bertz CT molecular complexity index is 726. The molecule has 4 nitrogen and oxygen atoms in total. The van der Waals surface area contributed by atoms with Crippen LogP contribution in [0.3, 0.4) is 0 Å². The van der Waals surface area contributed by atoms with Gasteiger partial charge < -0.3 is 10.5 Å². The van der Waals surface area contributed by atoms with Gasteiger partial charge in [0.25, 0.3) is 0 Å². The molecular weight excluding hydrogens is 286 g/mol. The highest BCUT2D eigenvalue weighted by Crippen LogP contribution is 2.26. The third kappa shape index (κ3) is 3.43. The minimum Gasteiger partial charge on any atom is -0.496 e. The molecule has 21 heavy (non-hydrogen) atoms. The van der Waals surface area contributed by atoms with Crippen molar-refractivity contribution in [2.75, 3.05) is 12.9 Å². The van der Waals surface area contributed by atoms with Crippen molar-refractivity contribution in [1.29, 1.82) is 0 Å². The van der Waals surface area contributed by atoms with Gasteiger partial charge in [0, 0.05) is 11.6 Å².